The highest BCUT2D eigenvalue weighted by Crippen LogP contribution is 2.25. The summed E-state index contributed by atoms with van der Waals surface area (Å²) in [6, 6.07) is 30.4. The van der Waals surface area contributed by atoms with Crippen molar-refractivity contribution in [2.75, 3.05) is 0 Å². The molecule has 2 heteroatoms. The Morgan fingerprint density at radius 3 is 1.92 bits per heavy atom. The first-order valence-corrected chi connectivity index (χ1v) is 11.4. The third-order valence-corrected chi connectivity index (χ3v) is 9.15. The second-order valence-corrected chi connectivity index (χ2v) is 10.1. The average Bonchev–Trinajstić information content (AvgIpc) is 2.73. The van der Waals surface area contributed by atoms with Gasteiger partial charge in [-0.25, -0.2) is 0 Å². The third kappa shape index (κ3) is 2.91. The van der Waals surface area contributed by atoms with Gasteiger partial charge < -0.3 is 4.43 Å². The van der Waals surface area contributed by atoms with E-state index in [1.54, 1.807) is 0 Å². The van der Waals surface area contributed by atoms with Crippen molar-refractivity contribution in [2.45, 2.75) is 26.2 Å². The van der Waals surface area contributed by atoms with Gasteiger partial charge in [-0.15, -0.1) is 0 Å². The number of hydrogen-bond donors (Lipinski definition) is 0. The van der Waals surface area contributed by atoms with Gasteiger partial charge in [0, 0.05) is 6.42 Å². The van der Waals surface area contributed by atoms with E-state index in [-0.39, 0.29) is 0 Å². The Morgan fingerprint density at radius 1 is 0.731 bits per heavy atom. The lowest BCUT2D eigenvalue weighted by Crippen LogP contribution is -2.70. The minimum Gasteiger partial charge on any atom is -0.534 e. The number of rotatable bonds is 5. The van der Waals surface area contributed by atoms with Crippen LogP contribution in [0.1, 0.15) is 31.7 Å². The van der Waals surface area contributed by atoms with Crippen LogP contribution in [-0.2, 0) is 4.43 Å². The molecule has 0 bridgehead atoms. The van der Waals surface area contributed by atoms with Gasteiger partial charge in [-0.3, -0.25) is 0 Å². The molecule has 0 saturated carbocycles. The van der Waals surface area contributed by atoms with Crippen LogP contribution in [0.25, 0.3) is 6.08 Å². The zero-order valence-electron chi connectivity index (χ0n) is 15.2. The minimum absolute atomic E-state index is 0.999. The Labute approximate surface area is 157 Å². The highest BCUT2D eigenvalue weighted by Gasteiger charge is 2.47. The number of hydrogen-bond acceptors (Lipinski definition) is 1. The molecule has 1 nitrogen and oxygen atoms in total. The minimum atomic E-state index is -2.54. The van der Waals surface area contributed by atoms with Crippen LogP contribution in [0.15, 0.2) is 90.7 Å². The molecule has 3 aromatic carbocycles. The first-order chi connectivity index (χ1) is 12.8. The van der Waals surface area contributed by atoms with Gasteiger partial charge in [0.2, 0.25) is 0 Å². The molecule has 26 heavy (non-hydrogen) atoms. The maximum atomic E-state index is 6.97. The number of unbranched alkanes of at least 4 members (excludes halogenated alkanes) is 1. The topological polar surface area (TPSA) is 9.23 Å². The summed E-state index contributed by atoms with van der Waals surface area (Å²) < 4.78 is 6.97. The Balaban J connectivity index is 1.97. The predicted molar refractivity (Wildman–Crippen MR) is 113 cm³/mol. The lowest BCUT2D eigenvalue weighted by atomic mass is 10.1. The number of allylic oxidation sites excluding steroid dienone is 1. The van der Waals surface area contributed by atoms with Crippen LogP contribution >= 0.6 is 0 Å². The van der Waals surface area contributed by atoms with E-state index in [2.05, 4.69) is 97.9 Å². The molecule has 1 heterocycles. The summed E-state index contributed by atoms with van der Waals surface area (Å²) in [6.07, 6.45) is 5.58. The molecule has 0 atom stereocenters. The smallest absolute Gasteiger partial charge is 0.347 e. The van der Waals surface area contributed by atoms with Gasteiger partial charge >= 0.3 is 8.32 Å². The summed E-state index contributed by atoms with van der Waals surface area (Å²) in [5.41, 5.74) is 1.31. The predicted octanol–water partition coefficient (Wildman–Crippen LogP) is 4.21. The molecule has 3 aromatic rings. The second-order valence-electron chi connectivity index (χ2n) is 6.82. The Bertz CT molecular complexity index is 860. The molecule has 1 aliphatic rings. The van der Waals surface area contributed by atoms with Gasteiger partial charge in [0.25, 0.3) is 0 Å². The molecule has 0 N–H and O–H groups in total. The lowest BCUT2D eigenvalue weighted by molar-refractivity contribution is 0.410. The van der Waals surface area contributed by atoms with E-state index in [1.807, 2.05) is 0 Å². The second kappa shape index (κ2) is 7.34. The van der Waals surface area contributed by atoms with Crippen molar-refractivity contribution in [1.82, 2.24) is 0 Å². The van der Waals surface area contributed by atoms with Crippen molar-refractivity contribution in [1.29, 1.82) is 0 Å². The van der Waals surface area contributed by atoms with E-state index in [9.17, 15) is 0 Å². The van der Waals surface area contributed by atoms with E-state index in [0.29, 0.717) is 0 Å². The molecule has 0 aliphatic carbocycles. The quantitative estimate of drug-likeness (QED) is 0.622. The van der Waals surface area contributed by atoms with Crippen molar-refractivity contribution in [3.8, 4) is 0 Å². The molecule has 0 radical (unpaired) electrons. The number of benzene rings is 3. The maximum absolute atomic E-state index is 6.97. The fourth-order valence-corrected chi connectivity index (χ4v) is 7.89. The monoisotopic (exact) mass is 356 g/mol. The van der Waals surface area contributed by atoms with Crippen molar-refractivity contribution in [2.24, 2.45) is 0 Å². The van der Waals surface area contributed by atoms with Gasteiger partial charge in [0.1, 0.15) is 0 Å². The zero-order valence-corrected chi connectivity index (χ0v) is 16.2. The maximum Gasteiger partial charge on any atom is 0.347 e. The molecule has 0 saturated heterocycles. The normalized spacial score (nSPS) is 14.9. The van der Waals surface area contributed by atoms with Gasteiger partial charge in [-0.05, 0) is 33.6 Å². The Kier molecular flexibility index (Phi) is 4.76. The average molecular weight is 357 g/mol. The van der Waals surface area contributed by atoms with Crippen molar-refractivity contribution >= 4 is 30.0 Å². The fraction of sp³-hybridized carbons (Fsp3) is 0.167. The first kappa shape index (κ1) is 16.9. The molecular formula is C24H24OSi. The largest absolute Gasteiger partial charge is 0.534 e. The Hall–Kier alpha value is -2.58. The van der Waals surface area contributed by atoms with E-state index >= 15 is 0 Å². The summed E-state index contributed by atoms with van der Waals surface area (Å²) >= 11 is 0. The van der Waals surface area contributed by atoms with E-state index < -0.39 is 8.32 Å². The van der Waals surface area contributed by atoms with E-state index in [4.69, 9.17) is 4.43 Å². The van der Waals surface area contributed by atoms with Crippen molar-refractivity contribution in [3.05, 3.63) is 96.3 Å². The first-order valence-electron chi connectivity index (χ1n) is 9.44. The summed E-state index contributed by atoms with van der Waals surface area (Å²) in [5.74, 6) is 1.13. The van der Waals surface area contributed by atoms with Crippen LogP contribution in [-0.4, -0.2) is 8.32 Å². The van der Waals surface area contributed by atoms with E-state index in [0.717, 1.165) is 18.6 Å². The van der Waals surface area contributed by atoms with Crippen LogP contribution in [0.3, 0.4) is 0 Å². The molecule has 1 aliphatic heterocycles. The Morgan fingerprint density at radius 2 is 1.31 bits per heavy atom. The van der Waals surface area contributed by atoms with Crippen molar-refractivity contribution in [3.63, 3.8) is 0 Å². The van der Waals surface area contributed by atoms with Crippen LogP contribution in [0.2, 0.25) is 0 Å². The molecule has 0 aromatic heterocycles. The standard InChI is InChI=1S/C24H24OSi/c1-2-3-13-21-19-20-12-10-11-18-24(20)26(25-21,22-14-6-4-7-15-22)23-16-8-5-9-17-23/h4-12,14-19H,2-3,13H2,1H3. The lowest BCUT2D eigenvalue weighted by Gasteiger charge is -2.38. The van der Waals surface area contributed by atoms with Crippen LogP contribution < -0.4 is 15.6 Å². The van der Waals surface area contributed by atoms with Gasteiger partial charge in [0.05, 0.1) is 5.76 Å². The van der Waals surface area contributed by atoms with Crippen molar-refractivity contribution < 1.29 is 4.43 Å². The molecular weight excluding hydrogens is 332 g/mol. The zero-order chi connectivity index (χ0) is 17.8. The molecule has 0 fully saturated rings. The highest BCUT2D eigenvalue weighted by molar-refractivity contribution is 7.07. The van der Waals surface area contributed by atoms with E-state index in [1.165, 1.54) is 27.5 Å². The fourth-order valence-electron chi connectivity index (χ4n) is 3.81. The molecule has 0 amide bonds. The highest BCUT2D eigenvalue weighted by atomic mass is 28.4. The molecule has 4 rings (SSSR count). The van der Waals surface area contributed by atoms with Crippen LogP contribution in [0, 0.1) is 0 Å². The van der Waals surface area contributed by atoms with Gasteiger partial charge in [0.15, 0.2) is 0 Å². The summed E-state index contributed by atoms with van der Waals surface area (Å²) in [6.45, 7) is 2.23. The number of fused-ring (bicyclic) bond motifs is 1. The molecule has 130 valence electrons. The molecule has 0 unspecified atom stereocenters. The van der Waals surface area contributed by atoms with Gasteiger partial charge in [-0.1, -0.05) is 98.3 Å². The summed E-state index contributed by atoms with van der Waals surface area (Å²) in [5, 5.41) is 3.96. The summed E-state index contributed by atoms with van der Waals surface area (Å²) in [4.78, 5) is 0. The molecule has 0 spiro atoms. The SMILES string of the molecule is CCCCC1=Cc2ccccc2[Si](c2ccccc2)(c2ccccc2)O1. The van der Waals surface area contributed by atoms with Crippen LogP contribution in [0.4, 0.5) is 0 Å². The third-order valence-electron chi connectivity index (χ3n) is 5.08. The summed E-state index contributed by atoms with van der Waals surface area (Å²) in [7, 11) is -2.54. The van der Waals surface area contributed by atoms with Crippen LogP contribution in [0.5, 0.6) is 0 Å². The van der Waals surface area contributed by atoms with Gasteiger partial charge in [-0.2, -0.15) is 0 Å².